The summed E-state index contributed by atoms with van der Waals surface area (Å²) in [4.78, 5) is 2.49. The van der Waals surface area contributed by atoms with Crippen molar-refractivity contribution < 1.29 is 0 Å². The highest BCUT2D eigenvalue weighted by Gasteiger charge is 2.23. The van der Waals surface area contributed by atoms with Gasteiger partial charge >= 0.3 is 0 Å². The first-order valence-corrected chi connectivity index (χ1v) is 21.8. The minimum absolute atomic E-state index is 1.10. The smallest absolute Gasteiger partial charge is 0.0540 e. The van der Waals surface area contributed by atoms with E-state index in [0.717, 1.165) is 28.2 Å². The van der Waals surface area contributed by atoms with Gasteiger partial charge in [0.15, 0.2) is 0 Å². The van der Waals surface area contributed by atoms with Crippen molar-refractivity contribution in [1.29, 1.82) is 0 Å². The molecule has 63 heavy (non-hydrogen) atoms. The molecule has 0 bridgehead atoms. The number of nitrogens with zero attached hydrogens (tertiary/aromatic N) is 1. The maximum absolute atomic E-state index is 2.49. The van der Waals surface area contributed by atoms with Crippen LogP contribution in [-0.2, 0) is 0 Å². The molecule has 0 radical (unpaired) electrons. The zero-order chi connectivity index (χ0) is 41.7. The van der Waals surface area contributed by atoms with Gasteiger partial charge in [0.2, 0.25) is 0 Å². The predicted molar refractivity (Wildman–Crippen MR) is 270 cm³/mol. The van der Waals surface area contributed by atoms with Crippen molar-refractivity contribution in [2.75, 3.05) is 4.90 Å². The van der Waals surface area contributed by atoms with E-state index in [0.29, 0.717) is 0 Å². The van der Waals surface area contributed by atoms with E-state index in [1.165, 1.54) is 87.2 Å². The number of para-hydroxylation sites is 1. The highest BCUT2D eigenvalue weighted by Crippen LogP contribution is 2.49. The minimum Gasteiger partial charge on any atom is -0.309 e. The van der Waals surface area contributed by atoms with Crippen molar-refractivity contribution in [2.45, 2.75) is 0 Å². The van der Waals surface area contributed by atoms with Gasteiger partial charge in [-0.1, -0.05) is 218 Å². The Balaban J connectivity index is 1.14. The standard InChI is InChI=1S/C62H41N/c1-4-18-42(19-5-1)50-38-39-60(56-29-14-12-27-53(50)56)63(48-35-37-51-46(40-48)33-32-43-20-10-11-25-49(43)51)59-31-17-16-26-52(59)47-34-36-55-54-28-13-15-30-57(54)61(44-21-6-2-7-22-44)62(58(55)41-47)45-23-8-3-9-24-45/h1-41H. The first kappa shape index (κ1) is 36.6. The summed E-state index contributed by atoms with van der Waals surface area (Å²) >= 11 is 0. The van der Waals surface area contributed by atoms with Crippen LogP contribution in [-0.4, -0.2) is 0 Å². The molecule has 0 aliphatic carbocycles. The number of fused-ring (bicyclic) bond motifs is 7. The minimum atomic E-state index is 1.10. The quantitative estimate of drug-likeness (QED) is 0.145. The van der Waals surface area contributed by atoms with E-state index >= 15 is 0 Å². The fourth-order valence-corrected chi connectivity index (χ4v) is 9.98. The molecule has 12 rings (SSSR count). The second kappa shape index (κ2) is 15.3. The number of benzene rings is 12. The Kier molecular flexibility index (Phi) is 8.90. The molecule has 0 aliphatic rings. The van der Waals surface area contributed by atoms with Crippen LogP contribution < -0.4 is 4.90 Å². The largest absolute Gasteiger partial charge is 0.309 e. The molecule has 0 aliphatic heterocycles. The molecule has 1 nitrogen and oxygen atoms in total. The van der Waals surface area contributed by atoms with Gasteiger partial charge in [0.1, 0.15) is 0 Å². The first-order valence-electron chi connectivity index (χ1n) is 21.8. The fraction of sp³-hybridized carbons (Fsp3) is 0. The van der Waals surface area contributed by atoms with Crippen LogP contribution >= 0.6 is 0 Å². The van der Waals surface area contributed by atoms with Gasteiger partial charge in [0.05, 0.1) is 11.4 Å². The lowest BCUT2D eigenvalue weighted by molar-refractivity contribution is 1.30. The van der Waals surface area contributed by atoms with E-state index in [4.69, 9.17) is 0 Å². The number of anilines is 3. The molecule has 0 unspecified atom stereocenters. The van der Waals surface area contributed by atoms with Crippen LogP contribution in [0, 0.1) is 0 Å². The molecule has 1 heteroatoms. The summed E-state index contributed by atoms with van der Waals surface area (Å²) in [5, 5.41) is 12.3. The molecule has 0 atom stereocenters. The van der Waals surface area contributed by atoms with Crippen LogP contribution in [0.5, 0.6) is 0 Å². The van der Waals surface area contributed by atoms with Gasteiger partial charge in [-0.25, -0.2) is 0 Å². The summed E-state index contributed by atoms with van der Waals surface area (Å²) < 4.78 is 0. The Bertz CT molecular complexity index is 3670. The topological polar surface area (TPSA) is 3.24 Å². The number of hydrogen-bond acceptors (Lipinski definition) is 1. The SMILES string of the molecule is c1ccc(-c2ccc(N(c3ccc4c(ccc5ccccc54)c3)c3ccccc3-c3ccc4c(c3)c(-c3ccccc3)c(-c3ccccc3)c3ccccc34)c3ccccc23)cc1. The number of hydrogen-bond donors (Lipinski definition) is 0. The second-order valence-electron chi connectivity index (χ2n) is 16.4. The van der Waals surface area contributed by atoms with Gasteiger partial charge in [-0.05, 0) is 118 Å². The molecule has 294 valence electrons. The van der Waals surface area contributed by atoms with E-state index in [9.17, 15) is 0 Å². The molecule has 0 saturated heterocycles. The van der Waals surface area contributed by atoms with E-state index in [1.54, 1.807) is 0 Å². The summed E-state index contributed by atoms with van der Waals surface area (Å²) in [5.41, 5.74) is 13.0. The lowest BCUT2D eigenvalue weighted by atomic mass is 9.84. The third-order valence-corrected chi connectivity index (χ3v) is 12.8. The van der Waals surface area contributed by atoms with Crippen molar-refractivity contribution in [3.63, 3.8) is 0 Å². The summed E-state index contributed by atoms with van der Waals surface area (Å²) in [6, 6.07) is 91.2. The molecule has 0 aromatic heterocycles. The number of rotatable bonds is 7. The highest BCUT2D eigenvalue weighted by molar-refractivity contribution is 6.22. The maximum atomic E-state index is 2.49. The third kappa shape index (κ3) is 6.25. The lowest BCUT2D eigenvalue weighted by Gasteiger charge is -2.30. The molecule has 0 heterocycles. The zero-order valence-corrected chi connectivity index (χ0v) is 34.6. The molecule has 0 amide bonds. The monoisotopic (exact) mass is 799 g/mol. The fourth-order valence-electron chi connectivity index (χ4n) is 9.98. The van der Waals surface area contributed by atoms with E-state index in [1.807, 2.05) is 0 Å². The summed E-state index contributed by atoms with van der Waals surface area (Å²) in [6.45, 7) is 0. The van der Waals surface area contributed by atoms with Crippen molar-refractivity contribution >= 4 is 70.9 Å². The van der Waals surface area contributed by atoms with Crippen molar-refractivity contribution in [3.05, 3.63) is 249 Å². The van der Waals surface area contributed by atoms with Gasteiger partial charge in [-0.2, -0.15) is 0 Å². The summed E-state index contributed by atoms with van der Waals surface area (Å²) in [5.74, 6) is 0. The average molecular weight is 800 g/mol. The third-order valence-electron chi connectivity index (χ3n) is 12.8. The van der Waals surface area contributed by atoms with Crippen LogP contribution in [0.1, 0.15) is 0 Å². The van der Waals surface area contributed by atoms with Gasteiger partial charge in [-0.3, -0.25) is 0 Å². The van der Waals surface area contributed by atoms with Gasteiger partial charge < -0.3 is 4.90 Å². The predicted octanol–water partition coefficient (Wildman–Crippen LogP) is 17.6. The summed E-state index contributed by atoms with van der Waals surface area (Å²) in [6.07, 6.45) is 0. The average Bonchev–Trinajstić information content (AvgIpc) is 3.36. The second-order valence-corrected chi connectivity index (χ2v) is 16.4. The van der Waals surface area contributed by atoms with Gasteiger partial charge in [0, 0.05) is 16.6 Å². The molecule has 12 aromatic carbocycles. The van der Waals surface area contributed by atoms with E-state index in [2.05, 4.69) is 254 Å². The van der Waals surface area contributed by atoms with Crippen molar-refractivity contribution in [3.8, 4) is 44.5 Å². The van der Waals surface area contributed by atoms with Crippen LogP contribution in [0.15, 0.2) is 249 Å². The Labute approximate surface area is 367 Å². The van der Waals surface area contributed by atoms with Crippen LogP contribution in [0.25, 0.3) is 98.4 Å². The normalized spacial score (nSPS) is 11.5. The first-order chi connectivity index (χ1) is 31.3. The van der Waals surface area contributed by atoms with Crippen LogP contribution in [0.4, 0.5) is 17.1 Å². The van der Waals surface area contributed by atoms with Crippen molar-refractivity contribution in [1.82, 2.24) is 0 Å². The summed E-state index contributed by atoms with van der Waals surface area (Å²) in [7, 11) is 0. The lowest BCUT2D eigenvalue weighted by Crippen LogP contribution is -2.12. The van der Waals surface area contributed by atoms with Gasteiger partial charge in [0.25, 0.3) is 0 Å². The van der Waals surface area contributed by atoms with Crippen LogP contribution in [0.3, 0.4) is 0 Å². The van der Waals surface area contributed by atoms with E-state index in [-0.39, 0.29) is 0 Å². The Morgan fingerprint density at radius 1 is 0.222 bits per heavy atom. The highest BCUT2D eigenvalue weighted by atomic mass is 15.1. The zero-order valence-electron chi connectivity index (χ0n) is 34.6. The van der Waals surface area contributed by atoms with Gasteiger partial charge in [-0.15, -0.1) is 0 Å². The Morgan fingerprint density at radius 2 is 0.746 bits per heavy atom. The van der Waals surface area contributed by atoms with Crippen molar-refractivity contribution in [2.24, 2.45) is 0 Å². The van der Waals surface area contributed by atoms with E-state index < -0.39 is 0 Å². The molecule has 0 spiro atoms. The molecule has 0 saturated carbocycles. The Hall–Kier alpha value is -8.26. The molecular formula is C62H41N. The maximum Gasteiger partial charge on any atom is 0.0540 e. The molecular weight excluding hydrogens is 759 g/mol. The molecule has 0 fully saturated rings. The molecule has 12 aromatic rings. The molecule has 0 N–H and O–H groups in total. The van der Waals surface area contributed by atoms with Crippen LogP contribution in [0.2, 0.25) is 0 Å². The Morgan fingerprint density at radius 3 is 1.49 bits per heavy atom.